The second-order valence-corrected chi connectivity index (χ2v) is 6.71. The van der Waals surface area contributed by atoms with E-state index in [4.69, 9.17) is 16.3 Å². The lowest BCUT2D eigenvalue weighted by Crippen LogP contribution is -2.13. The molecule has 0 unspecified atom stereocenters. The van der Waals surface area contributed by atoms with Crippen molar-refractivity contribution in [3.05, 3.63) is 81.5 Å². The first-order chi connectivity index (χ1) is 11.7. The summed E-state index contributed by atoms with van der Waals surface area (Å²) in [6.45, 7) is 0.473. The van der Waals surface area contributed by atoms with E-state index in [1.165, 1.54) is 0 Å². The lowest BCUT2D eigenvalue weighted by molar-refractivity contribution is -0.115. The summed E-state index contributed by atoms with van der Waals surface area (Å²) in [4.78, 5) is 13.0. The topological polar surface area (TPSA) is 38.3 Å². The average molecular weight is 358 g/mol. The number of anilines is 1. The van der Waals surface area contributed by atoms with Crippen LogP contribution in [-0.2, 0) is 17.8 Å². The van der Waals surface area contributed by atoms with E-state index in [9.17, 15) is 4.79 Å². The van der Waals surface area contributed by atoms with E-state index in [0.717, 1.165) is 21.9 Å². The molecule has 3 nitrogen and oxygen atoms in total. The smallest absolute Gasteiger partial charge is 0.229 e. The van der Waals surface area contributed by atoms with Gasteiger partial charge in [0.2, 0.25) is 5.91 Å². The van der Waals surface area contributed by atoms with Crippen molar-refractivity contribution in [2.75, 3.05) is 5.32 Å². The molecular weight excluding hydrogens is 342 g/mol. The first kappa shape index (κ1) is 16.6. The third-order valence-electron chi connectivity index (χ3n) is 3.37. The highest BCUT2D eigenvalue weighted by Crippen LogP contribution is 2.18. The van der Waals surface area contributed by atoms with Gasteiger partial charge in [-0.3, -0.25) is 4.79 Å². The van der Waals surface area contributed by atoms with Gasteiger partial charge in [0, 0.05) is 15.6 Å². The van der Waals surface area contributed by atoms with Gasteiger partial charge in [0.15, 0.2) is 0 Å². The molecule has 0 spiro atoms. The van der Waals surface area contributed by atoms with Crippen molar-refractivity contribution in [2.45, 2.75) is 13.0 Å². The third-order valence-corrected chi connectivity index (χ3v) is 4.50. The Balaban J connectivity index is 1.51. The zero-order chi connectivity index (χ0) is 16.8. The number of hydrogen-bond acceptors (Lipinski definition) is 3. The highest BCUT2D eigenvalue weighted by Gasteiger charge is 2.05. The van der Waals surface area contributed by atoms with Crippen molar-refractivity contribution in [1.82, 2.24) is 0 Å². The van der Waals surface area contributed by atoms with Crippen LogP contribution in [0.15, 0.2) is 66.0 Å². The van der Waals surface area contributed by atoms with Crippen LogP contribution >= 0.6 is 22.9 Å². The van der Waals surface area contributed by atoms with Crippen LogP contribution in [0.5, 0.6) is 5.75 Å². The Kier molecular flexibility index (Phi) is 5.51. The minimum atomic E-state index is -0.0210. The van der Waals surface area contributed by atoms with Gasteiger partial charge in [-0.25, -0.2) is 0 Å². The van der Waals surface area contributed by atoms with Crippen molar-refractivity contribution < 1.29 is 9.53 Å². The predicted molar refractivity (Wildman–Crippen MR) is 98.9 cm³/mol. The predicted octanol–water partition coefficient (Wildman–Crippen LogP) is 5.16. The Bertz CT molecular complexity index is 783. The molecule has 5 heteroatoms. The molecule has 1 N–H and O–H groups in total. The molecule has 1 amide bonds. The normalized spacial score (nSPS) is 10.4. The monoisotopic (exact) mass is 357 g/mol. The Morgan fingerprint density at radius 2 is 1.79 bits per heavy atom. The molecular formula is C19H16ClNO2S. The minimum absolute atomic E-state index is 0.0210. The lowest BCUT2D eigenvalue weighted by Gasteiger charge is -2.08. The number of halogens is 1. The van der Waals surface area contributed by atoms with E-state index in [-0.39, 0.29) is 5.91 Å². The standard InChI is InChI=1S/C19H16ClNO2S/c20-15-5-3-14(4-6-15)13-23-17-9-7-16(8-10-17)21-19(22)12-18-2-1-11-24-18/h1-11H,12-13H2,(H,21,22). The Morgan fingerprint density at radius 3 is 2.46 bits per heavy atom. The number of carbonyl (C=O) groups excluding carboxylic acids is 1. The van der Waals surface area contributed by atoms with E-state index >= 15 is 0 Å². The summed E-state index contributed by atoms with van der Waals surface area (Å²) in [6.07, 6.45) is 0.395. The summed E-state index contributed by atoms with van der Waals surface area (Å²) in [5.74, 6) is 0.730. The van der Waals surface area contributed by atoms with Crippen LogP contribution in [0.4, 0.5) is 5.69 Å². The van der Waals surface area contributed by atoms with Crippen LogP contribution in [0.1, 0.15) is 10.4 Å². The quantitative estimate of drug-likeness (QED) is 0.661. The summed E-state index contributed by atoms with van der Waals surface area (Å²) in [5.41, 5.74) is 1.81. The van der Waals surface area contributed by atoms with Crippen molar-refractivity contribution in [3.63, 3.8) is 0 Å². The number of thiophene rings is 1. The second-order valence-electron chi connectivity index (χ2n) is 5.24. The highest BCUT2D eigenvalue weighted by molar-refractivity contribution is 7.10. The first-order valence-corrected chi connectivity index (χ1v) is 8.74. The van der Waals surface area contributed by atoms with Crippen molar-refractivity contribution in [3.8, 4) is 5.75 Å². The van der Waals surface area contributed by atoms with E-state index < -0.39 is 0 Å². The first-order valence-electron chi connectivity index (χ1n) is 7.48. The van der Waals surface area contributed by atoms with E-state index in [1.807, 2.05) is 66.0 Å². The van der Waals surface area contributed by atoms with Crippen molar-refractivity contribution >= 4 is 34.5 Å². The van der Waals surface area contributed by atoms with Crippen molar-refractivity contribution in [1.29, 1.82) is 0 Å². The number of benzene rings is 2. The molecule has 0 aliphatic rings. The zero-order valence-corrected chi connectivity index (χ0v) is 14.4. The molecule has 0 bridgehead atoms. The molecule has 0 aliphatic heterocycles. The highest BCUT2D eigenvalue weighted by atomic mass is 35.5. The molecule has 3 aromatic rings. The minimum Gasteiger partial charge on any atom is -0.489 e. The van der Waals surface area contributed by atoms with Crippen molar-refractivity contribution in [2.24, 2.45) is 0 Å². The number of rotatable bonds is 6. The molecule has 0 saturated heterocycles. The van der Waals surface area contributed by atoms with Gasteiger partial charge < -0.3 is 10.1 Å². The Hall–Kier alpha value is -2.30. The molecule has 0 saturated carbocycles. The van der Waals surface area contributed by atoms with Crippen LogP contribution in [0, 0.1) is 0 Å². The summed E-state index contributed by atoms with van der Waals surface area (Å²) < 4.78 is 5.72. The summed E-state index contributed by atoms with van der Waals surface area (Å²) >= 11 is 7.44. The van der Waals surface area contributed by atoms with Crippen LogP contribution in [-0.4, -0.2) is 5.91 Å². The van der Waals surface area contributed by atoms with Gasteiger partial charge in [0.25, 0.3) is 0 Å². The second kappa shape index (κ2) is 7.99. The van der Waals surface area contributed by atoms with Crippen LogP contribution in [0.3, 0.4) is 0 Å². The summed E-state index contributed by atoms with van der Waals surface area (Å²) in [7, 11) is 0. The molecule has 3 rings (SSSR count). The van der Waals surface area contributed by atoms with E-state index in [2.05, 4.69) is 5.32 Å². The van der Waals surface area contributed by atoms with Gasteiger partial charge in [0.1, 0.15) is 12.4 Å². The lowest BCUT2D eigenvalue weighted by atomic mass is 10.2. The van der Waals surface area contributed by atoms with Gasteiger partial charge in [-0.1, -0.05) is 29.8 Å². The van der Waals surface area contributed by atoms with Crippen LogP contribution in [0.2, 0.25) is 5.02 Å². The molecule has 24 heavy (non-hydrogen) atoms. The number of hydrogen-bond donors (Lipinski definition) is 1. The van der Waals surface area contributed by atoms with Crippen LogP contribution in [0.25, 0.3) is 0 Å². The van der Waals surface area contributed by atoms with Gasteiger partial charge in [-0.15, -0.1) is 11.3 Å². The Morgan fingerprint density at radius 1 is 1.04 bits per heavy atom. The number of ether oxygens (including phenoxy) is 1. The molecule has 1 heterocycles. The maximum absolute atomic E-state index is 12.0. The van der Waals surface area contributed by atoms with E-state index in [0.29, 0.717) is 18.1 Å². The molecule has 2 aromatic carbocycles. The maximum Gasteiger partial charge on any atom is 0.229 e. The molecule has 122 valence electrons. The molecule has 0 fully saturated rings. The average Bonchev–Trinajstić information content (AvgIpc) is 3.08. The Labute approximate surface area is 149 Å². The summed E-state index contributed by atoms with van der Waals surface area (Å²) in [6, 6.07) is 18.8. The van der Waals surface area contributed by atoms with Crippen LogP contribution < -0.4 is 10.1 Å². The fraction of sp³-hybridized carbons (Fsp3) is 0.105. The number of nitrogens with one attached hydrogen (secondary N) is 1. The van der Waals surface area contributed by atoms with Gasteiger partial charge in [-0.2, -0.15) is 0 Å². The summed E-state index contributed by atoms with van der Waals surface area (Å²) in [5, 5.41) is 5.56. The molecule has 0 aliphatic carbocycles. The van der Waals surface area contributed by atoms with Gasteiger partial charge >= 0.3 is 0 Å². The number of amides is 1. The molecule has 0 atom stereocenters. The largest absolute Gasteiger partial charge is 0.489 e. The fourth-order valence-corrected chi connectivity index (χ4v) is 2.99. The SMILES string of the molecule is O=C(Cc1cccs1)Nc1ccc(OCc2ccc(Cl)cc2)cc1. The third kappa shape index (κ3) is 4.85. The fourth-order valence-electron chi connectivity index (χ4n) is 2.16. The molecule has 1 aromatic heterocycles. The zero-order valence-electron chi connectivity index (χ0n) is 12.9. The van der Waals surface area contributed by atoms with Gasteiger partial charge in [0.05, 0.1) is 6.42 Å². The maximum atomic E-state index is 12.0. The van der Waals surface area contributed by atoms with E-state index in [1.54, 1.807) is 11.3 Å². The molecule has 0 radical (unpaired) electrons. The van der Waals surface area contributed by atoms with Gasteiger partial charge in [-0.05, 0) is 53.4 Å². The number of carbonyl (C=O) groups is 1.